The molecule has 2 fully saturated rings. The molecule has 148 valence electrons. The summed E-state index contributed by atoms with van der Waals surface area (Å²) in [4.78, 5) is 52.3. The summed E-state index contributed by atoms with van der Waals surface area (Å²) in [7, 11) is 0. The Balaban J connectivity index is 1.65. The fourth-order valence-corrected chi connectivity index (χ4v) is 3.81. The molecule has 2 aliphatic rings. The van der Waals surface area contributed by atoms with Crippen LogP contribution in [-0.4, -0.2) is 45.4 Å². The Morgan fingerprint density at radius 1 is 1.26 bits per heavy atom. The summed E-state index contributed by atoms with van der Waals surface area (Å²) in [6.45, 7) is 6.71. The predicted molar refractivity (Wildman–Crippen MR) is 100 cm³/mol. The van der Waals surface area contributed by atoms with Gasteiger partial charge in [-0.2, -0.15) is 0 Å². The monoisotopic (exact) mass is 376 g/mol. The lowest BCUT2D eigenvalue weighted by Gasteiger charge is -2.19. The minimum absolute atomic E-state index is 0.0827. The Morgan fingerprint density at radius 3 is 2.59 bits per heavy atom. The van der Waals surface area contributed by atoms with E-state index in [1.165, 1.54) is 10.8 Å². The summed E-state index contributed by atoms with van der Waals surface area (Å²) >= 11 is 0. The molecule has 1 aliphatic heterocycles. The van der Waals surface area contributed by atoms with E-state index >= 15 is 0 Å². The first-order valence-electron chi connectivity index (χ1n) is 9.62. The molecule has 0 spiro atoms. The summed E-state index contributed by atoms with van der Waals surface area (Å²) in [5, 5.41) is 3.01. The molecule has 8 heteroatoms. The smallest absolute Gasteiger partial charge is 0.328 e. The molecule has 3 rings (SSSR count). The number of aryl methyl sites for hydroxylation is 1. The van der Waals surface area contributed by atoms with E-state index in [1.54, 1.807) is 6.92 Å². The second-order valence-corrected chi connectivity index (χ2v) is 8.27. The Bertz CT molecular complexity index is 837. The van der Waals surface area contributed by atoms with Crippen molar-refractivity contribution in [3.05, 3.63) is 32.6 Å². The minimum atomic E-state index is -0.598. The van der Waals surface area contributed by atoms with Gasteiger partial charge in [-0.1, -0.05) is 13.8 Å². The van der Waals surface area contributed by atoms with Crippen molar-refractivity contribution in [2.24, 2.45) is 17.8 Å². The van der Waals surface area contributed by atoms with Gasteiger partial charge in [-0.25, -0.2) is 4.79 Å². The third-order valence-corrected chi connectivity index (χ3v) is 5.38. The highest BCUT2D eigenvalue weighted by molar-refractivity contribution is 5.78. The number of aromatic amines is 1. The lowest BCUT2D eigenvalue weighted by Crippen LogP contribution is -2.44. The molecule has 2 heterocycles. The molecule has 1 saturated carbocycles. The fourth-order valence-electron chi connectivity index (χ4n) is 3.81. The molecular formula is C19H28N4O4. The molecule has 1 aromatic heterocycles. The number of amides is 2. The first kappa shape index (κ1) is 19.4. The van der Waals surface area contributed by atoms with Crippen LogP contribution in [-0.2, 0) is 16.1 Å². The molecule has 1 unspecified atom stereocenters. The fraction of sp³-hybridized carbons (Fsp3) is 0.684. The maximum atomic E-state index is 12.5. The zero-order valence-corrected chi connectivity index (χ0v) is 16.2. The van der Waals surface area contributed by atoms with Gasteiger partial charge in [0.1, 0.15) is 6.54 Å². The maximum Gasteiger partial charge on any atom is 0.328 e. The average molecular weight is 376 g/mol. The third-order valence-electron chi connectivity index (χ3n) is 5.38. The summed E-state index contributed by atoms with van der Waals surface area (Å²) in [6, 6.07) is -0.0827. The minimum Gasteiger partial charge on any atom is -0.350 e. The number of hydrogen-bond donors (Lipinski definition) is 2. The summed E-state index contributed by atoms with van der Waals surface area (Å²) in [5.41, 5.74) is -0.662. The molecule has 0 radical (unpaired) electrons. The van der Waals surface area contributed by atoms with E-state index in [1.807, 2.05) is 18.7 Å². The maximum absolute atomic E-state index is 12.5. The van der Waals surface area contributed by atoms with Crippen molar-refractivity contribution in [2.45, 2.75) is 52.6 Å². The molecule has 1 aliphatic carbocycles. The van der Waals surface area contributed by atoms with Gasteiger partial charge in [-0.3, -0.25) is 23.9 Å². The molecule has 27 heavy (non-hydrogen) atoms. The number of carbonyl (C=O) groups is 2. The van der Waals surface area contributed by atoms with Crippen molar-refractivity contribution in [1.82, 2.24) is 19.8 Å². The van der Waals surface area contributed by atoms with Gasteiger partial charge in [0.05, 0.1) is 6.04 Å². The van der Waals surface area contributed by atoms with Gasteiger partial charge in [0, 0.05) is 37.2 Å². The Morgan fingerprint density at radius 2 is 1.96 bits per heavy atom. The van der Waals surface area contributed by atoms with Gasteiger partial charge in [0.2, 0.25) is 11.8 Å². The molecule has 0 aromatic carbocycles. The van der Waals surface area contributed by atoms with E-state index in [0.29, 0.717) is 36.9 Å². The standard InChI is InChI=1S/C19H28N4O4/c1-11(2)6-17(25)22-8-14(13-4-5-13)15(9-22)20-16(24)10-23-7-12(3)18(26)21-19(23)27/h7,11,13-15H,4-6,8-10H2,1-3H3,(H,20,24)(H,21,26,27)/t14?,15-/m1/s1. The molecule has 2 amide bonds. The number of rotatable bonds is 6. The highest BCUT2D eigenvalue weighted by atomic mass is 16.2. The number of hydrogen-bond acceptors (Lipinski definition) is 4. The van der Waals surface area contributed by atoms with Crippen LogP contribution in [0.25, 0.3) is 0 Å². The number of H-pyrrole nitrogens is 1. The van der Waals surface area contributed by atoms with Gasteiger partial charge < -0.3 is 10.2 Å². The van der Waals surface area contributed by atoms with E-state index in [-0.39, 0.29) is 30.3 Å². The van der Waals surface area contributed by atoms with Crippen LogP contribution >= 0.6 is 0 Å². The normalized spacial score (nSPS) is 22.3. The van der Waals surface area contributed by atoms with Crippen molar-refractivity contribution in [1.29, 1.82) is 0 Å². The van der Waals surface area contributed by atoms with Crippen LogP contribution in [0, 0.1) is 24.7 Å². The molecule has 8 nitrogen and oxygen atoms in total. The van der Waals surface area contributed by atoms with Gasteiger partial charge in [-0.15, -0.1) is 0 Å². The molecule has 1 aromatic rings. The molecule has 0 bridgehead atoms. The predicted octanol–water partition coefficient (Wildman–Crippen LogP) is 0.244. The van der Waals surface area contributed by atoms with Gasteiger partial charge in [0.25, 0.3) is 5.56 Å². The highest BCUT2D eigenvalue weighted by Crippen LogP contribution is 2.41. The van der Waals surface area contributed by atoms with Gasteiger partial charge in [-0.05, 0) is 31.6 Å². The van der Waals surface area contributed by atoms with Crippen LogP contribution in [0.15, 0.2) is 15.8 Å². The summed E-state index contributed by atoms with van der Waals surface area (Å²) in [6.07, 6.45) is 4.19. The van der Waals surface area contributed by atoms with Crippen LogP contribution in [0.5, 0.6) is 0 Å². The van der Waals surface area contributed by atoms with Crippen molar-refractivity contribution < 1.29 is 9.59 Å². The number of nitrogens with one attached hydrogen (secondary N) is 2. The molecular weight excluding hydrogens is 348 g/mol. The van der Waals surface area contributed by atoms with E-state index in [0.717, 1.165) is 12.8 Å². The van der Waals surface area contributed by atoms with E-state index in [2.05, 4.69) is 10.3 Å². The Hall–Kier alpha value is -2.38. The average Bonchev–Trinajstić information content (AvgIpc) is 3.33. The number of nitrogens with zero attached hydrogens (tertiary/aromatic N) is 2. The lowest BCUT2D eigenvalue weighted by molar-refractivity contribution is -0.131. The van der Waals surface area contributed by atoms with Gasteiger partial charge >= 0.3 is 5.69 Å². The van der Waals surface area contributed by atoms with Crippen LogP contribution < -0.4 is 16.6 Å². The first-order chi connectivity index (χ1) is 12.7. The third kappa shape index (κ3) is 4.67. The van der Waals surface area contributed by atoms with Crippen LogP contribution in [0.3, 0.4) is 0 Å². The number of aromatic nitrogens is 2. The Kier molecular flexibility index (Phi) is 5.53. The van der Waals surface area contributed by atoms with E-state index in [9.17, 15) is 19.2 Å². The topological polar surface area (TPSA) is 104 Å². The lowest BCUT2D eigenvalue weighted by atomic mass is 9.98. The van der Waals surface area contributed by atoms with Crippen LogP contribution in [0.2, 0.25) is 0 Å². The largest absolute Gasteiger partial charge is 0.350 e. The molecule has 1 saturated heterocycles. The zero-order valence-electron chi connectivity index (χ0n) is 16.2. The second-order valence-electron chi connectivity index (χ2n) is 8.27. The van der Waals surface area contributed by atoms with Crippen molar-refractivity contribution in [3.8, 4) is 0 Å². The van der Waals surface area contributed by atoms with Crippen molar-refractivity contribution >= 4 is 11.8 Å². The number of likely N-dealkylation sites (tertiary alicyclic amines) is 1. The second kappa shape index (κ2) is 7.70. The quantitative estimate of drug-likeness (QED) is 0.742. The van der Waals surface area contributed by atoms with Crippen LogP contribution in [0.4, 0.5) is 0 Å². The van der Waals surface area contributed by atoms with Gasteiger partial charge in [0.15, 0.2) is 0 Å². The Labute approximate surface area is 157 Å². The summed E-state index contributed by atoms with van der Waals surface area (Å²) in [5.74, 6) is 1.00. The van der Waals surface area contributed by atoms with Crippen molar-refractivity contribution in [2.75, 3.05) is 13.1 Å². The van der Waals surface area contributed by atoms with E-state index in [4.69, 9.17) is 0 Å². The molecule has 2 N–H and O–H groups in total. The van der Waals surface area contributed by atoms with E-state index < -0.39 is 11.2 Å². The molecule has 2 atom stereocenters. The zero-order chi connectivity index (χ0) is 19.7. The first-order valence-corrected chi connectivity index (χ1v) is 9.62. The number of carbonyl (C=O) groups excluding carboxylic acids is 2. The SMILES string of the molecule is Cc1cn(CC(=O)N[C@@H]2CN(C(=O)CC(C)C)CC2C2CC2)c(=O)[nH]c1=O. The highest BCUT2D eigenvalue weighted by Gasteiger charge is 2.44. The summed E-state index contributed by atoms with van der Waals surface area (Å²) < 4.78 is 1.20. The van der Waals surface area contributed by atoms with Crippen LogP contribution in [0.1, 0.15) is 38.7 Å². The van der Waals surface area contributed by atoms with Crippen molar-refractivity contribution in [3.63, 3.8) is 0 Å².